The van der Waals surface area contributed by atoms with Crippen molar-refractivity contribution in [1.82, 2.24) is 4.57 Å². The van der Waals surface area contributed by atoms with Gasteiger partial charge in [-0.25, -0.2) is 4.79 Å². The first-order valence-corrected chi connectivity index (χ1v) is 10.4. The van der Waals surface area contributed by atoms with Crippen molar-refractivity contribution in [2.45, 2.75) is 51.5 Å². The number of fused-ring (bicyclic) bond motifs is 3. The van der Waals surface area contributed by atoms with E-state index in [1.807, 2.05) is 0 Å². The van der Waals surface area contributed by atoms with Gasteiger partial charge in [-0.3, -0.25) is 0 Å². The van der Waals surface area contributed by atoms with E-state index >= 15 is 0 Å². The molecule has 0 amide bonds. The molecule has 28 heavy (non-hydrogen) atoms. The van der Waals surface area contributed by atoms with Gasteiger partial charge in [0.05, 0.1) is 26.2 Å². The van der Waals surface area contributed by atoms with E-state index in [1.54, 1.807) is 16.2 Å². The van der Waals surface area contributed by atoms with Gasteiger partial charge in [-0.15, -0.1) is 0 Å². The maximum atomic E-state index is 9.04. The van der Waals surface area contributed by atoms with Crippen LogP contribution in [0.1, 0.15) is 43.4 Å². The number of benzene rings is 1. The number of carboxylic acids is 2. The molecule has 0 spiro atoms. The quantitative estimate of drug-likeness (QED) is 0.589. The number of carboxylic acid groups (broad SMARTS) is 2. The summed E-state index contributed by atoms with van der Waals surface area (Å²) in [5.41, 5.74) is 4.61. The minimum absolute atomic E-state index is 0.877. The van der Waals surface area contributed by atoms with Gasteiger partial charge in [-0.1, -0.05) is 18.0 Å². The Bertz CT molecular complexity index is 844. The highest BCUT2D eigenvalue weighted by molar-refractivity contribution is 6.31. The van der Waals surface area contributed by atoms with Gasteiger partial charge in [0.2, 0.25) is 0 Å². The number of carbonyl (C=O) groups excluding carboxylic acids is 1. The van der Waals surface area contributed by atoms with Crippen LogP contribution in [0.2, 0.25) is 5.02 Å². The summed E-state index contributed by atoms with van der Waals surface area (Å²) < 4.78 is 2.62. The first kappa shape index (κ1) is 20.7. The maximum Gasteiger partial charge on any atom is 0.351 e. The van der Waals surface area contributed by atoms with Crippen LogP contribution in [0.25, 0.3) is 10.9 Å². The molecule has 0 atom stereocenters. The van der Waals surface area contributed by atoms with Gasteiger partial charge < -0.3 is 24.5 Å². The van der Waals surface area contributed by atoms with Crippen molar-refractivity contribution in [3.8, 4) is 0 Å². The van der Waals surface area contributed by atoms with E-state index in [0.717, 1.165) is 5.02 Å². The lowest BCUT2D eigenvalue weighted by Gasteiger charge is -2.15. The van der Waals surface area contributed by atoms with Gasteiger partial charge in [0, 0.05) is 34.5 Å². The summed E-state index contributed by atoms with van der Waals surface area (Å²) in [5.74, 6) is -4.01. The Morgan fingerprint density at radius 2 is 1.79 bits per heavy atom. The normalized spacial score (nSPS) is 16.9. The van der Waals surface area contributed by atoms with Crippen LogP contribution in [0.3, 0.4) is 0 Å². The van der Waals surface area contributed by atoms with Gasteiger partial charge in [-0.2, -0.15) is 0 Å². The highest BCUT2D eigenvalue weighted by Crippen LogP contribution is 2.33. The second kappa shape index (κ2) is 9.43. The molecular weight excluding hydrogens is 380 g/mol. The molecule has 2 aromatic rings. The van der Waals surface area contributed by atoms with Gasteiger partial charge >= 0.3 is 5.97 Å². The molecule has 0 saturated carbocycles. The first-order chi connectivity index (χ1) is 13.5. The van der Waals surface area contributed by atoms with Crippen molar-refractivity contribution in [2.75, 3.05) is 19.6 Å². The van der Waals surface area contributed by atoms with Crippen LogP contribution in [0.5, 0.6) is 0 Å². The molecule has 1 aromatic heterocycles. The average molecular weight is 407 g/mol. The van der Waals surface area contributed by atoms with E-state index in [-0.39, 0.29) is 0 Å². The van der Waals surface area contributed by atoms with Crippen molar-refractivity contribution in [1.29, 1.82) is 0 Å². The number of nitrogens with one attached hydrogen (secondary N) is 1. The Balaban J connectivity index is 0.000000330. The molecule has 2 heterocycles. The van der Waals surface area contributed by atoms with Crippen molar-refractivity contribution in [3.63, 3.8) is 0 Å². The molecule has 0 radical (unpaired) electrons. The van der Waals surface area contributed by atoms with E-state index in [4.69, 9.17) is 31.4 Å². The number of hydrogen-bond donors (Lipinski definition) is 2. The summed E-state index contributed by atoms with van der Waals surface area (Å²) in [6.45, 7) is 5.18. The topological polar surface area (TPSA) is 86.8 Å². The smallest absolute Gasteiger partial charge is 0.351 e. The minimum atomic E-state index is -2.07. The third kappa shape index (κ3) is 4.86. The van der Waals surface area contributed by atoms with Crippen LogP contribution in [-0.4, -0.2) is 41.2 Å². The lowest BCUT2D eigenvalue weighted by molar-refractivity contribution is -0.888. The van der Waals surface area contributed by atoms with Gasteiger partial charge in [0.15, 0.2) is 5.97 Å². The fourth-order valence-corrected chi connectivity index (χ4v) is 4.61. The SMILES string of the molecule is Clc1ccc2c(c1)c1c(n2CC[NH+]2CCCC2)CCCCC1.O=C([O-])C(=O)O. The molecule has 0 unspecified atom stereocenters. The molecule has 4 rings (SSSR count). The fourth-order valence-electron chi connectivity index (χ4n) is 4.44. The molecule has 0 bridgehead atoms. The highest BCUT2D eigenvalue weighted by atomic mass is 35.5. The lowest BCUT2D eigenvalue weighted by atomic mass is 10.1. The lowest BCUT2D eigenvalue weighted by Crippen LogP contribution is -3.10. The molecular formula is C21H27ClN2O4. The summed E-state index contributed by atoms with van der Waals surface area (Å²) >= 11 is 6.28. The zero-order valence-electron chi connectivity index (χ0n) is 16.0. The van der Waals surface area contributed by atoms with Crippen LogP contribution in [0.4, 0.5) is 0 Å². The zero-order valence-corrected chi connectivity index (χ0v) is 16.8. The largest absolute Gasteiger partial charge is 0.539 e. The van der Waals surface area contributed by atoms with Crippen molar-refractivity contribution in [2.24, 2.45) is 0 Å². The van der Waals surface area contributed by atoms with E-state index < -0.39 is 11.9 Å². The number of carbonyl (C=O) groups is 2. The van der Waals surface area contributed by atoms with Gasteiger partial charge in [-0.05, 0) is 49.4 Å². The van der Waals surface area contributed by atoms with Crippen molar-refractivity contribution < 1.29 is 24.7 Å². The monoisotopic (exact) mass is 406 g/mol. The first-order valence-electron chi connectivity index (χ1n) is 10.0. The summed E-state index contributed by atoms with van der Waals surface area (Å²) in [4.78, 5) is 19.8. The number of quaternary nitrogens is 1. The average Bonchev–Trinajstić information content (AvgIpc) is 3.19. The van der Waals surface area contributed by atoms with E-state index in [1.165, 1.54) is 82.0 Å². The molecule has 1 aromatic carbocycles. The predicted molar refractivity (Wildman–Crippen MR) is 106 cm³/mol. The second-order valence-electron chi connectivity index (χ2n) is 7.60. The number of aryl methyl sites for hydroxylation is 1. The maximum absolute atomic E-state index is 9.04. The number of nitrogens with zero attached hydrogens (tertiary/aromatic N) is 1. The zero-order chi connectivity index (χ0) is 20.1. The Labute approximate surface area is 169 Å². The summed E-state index contributed by atoms with van der Waals surface area (Å²) in [5, 5.41) is 18.6. The number of aliphatic carboxylic acids is 2. The number of halogens is 1. The van der Waals surface area contributed by atoms with Gasteiger partial charge in [0.1, 0.15) is 0 Å². The Morgan fingerprint density at radius 3 is 2.46 bits per heavy atom. The minimum Gasteiger partial charge on any atom is -0.539 e. The van der Waals surface area contributed by atoms with Crippen molar-refractivity contribution in [3.05, 3.63) is 34.5 Å². The summed E-state index contributed by atoms with van der Waals surface area (Å²) in [6, 6.07) is 6.49. The van der Waals surface area contributed by atoms with E-state index in [0.29, 0.717) is 0 Å². The third-order valence-corrected chi connectivity index (χ3v) is 6.00. The molecule has 1 fully saturated rings. The highest BCUT2D eigenvalue weighted by Gasteiger charge is 2.21. The van der Waals surface area contributed by atoms with Gasteiger partial charge in [0.25, 0.3) is 0 Å². The predicted octanol–water partition coefficient (Wildman–Crippen LogP) is 1.06. The molecule has 1 aliphatic heterocycles. The fraction of sp³-hybridized carbons (Fsp3) is 0.524. The van der Waals surface area contributed by atoms with Crippen LogP contribution in [-0.2, 0) is 29.0 Å². The summed E-state index contributed by atoms with van der Waals surface area (Å²) in [6.07, 6.45) is 9.34. The standard InChI is InChI=1S/C19H25ClN2.C2H2O4/c20-15-8-9-19-17(14-15)16-6-2-1-3-7-18(16)22(19)13-12-21-10-4-5-11-21;3-1(4)2(5)6/h8-9,14H,1-7,10-13H2;(H,3,4)(H,5,6). The van der Waals surface area contributed by atoms with Crippen LogP contribution in [0, 0.1) is 0 Å². The van der Waals surface area contributed by atoms with Crippen molar-refractivity contribution >= 4 is 34.4 Å². The Kier molecular flexibility index (Phi) is 6.97. The number of likely N-dealkylation sites (tertiary alicyclic amines) is 1. The molecule has 1 saturated heterocycles. The number of rotatable bonds is 3. The molecule has 1 aliphatic carbocycles. The van der Waals surface area contributed by atoms with Crippen LogP contribution in [0.15, 0.2) is 18.2 Å². The Hall–Kier alpha value is -2.05. The second-order valence-corrected chi connectivity index (χ2v) is 8.04. The number of hydrogen-bond acceptors (Lipinski definition) is 3. The van der Waals surface area contributed by atoms with E-state index in [2.05, 4.69) is 22.8 Å². The molecule has 152 valence electrons. The molecule has 2 aliphatic rings. The molecule has 2 N–H and O–H groups in total. The summed E-state index contributed by atoms with van der Waals surface area (Å²) in [7, 11) is 0. The van der Waals surface area contributed by atoms with Crippen LogP contribution < -0.4 is 10.0 Å². The Morgan fingerprint density at radius 1 is 1.11 bits per heavy atom. The van der Waals surface area contributed by atoms with E-state index in [9.17, 15) is 0 Å². The van der Waals surface area contributed by atoms with Crippen LogP contribution >= 0.6 is 11.6 Å². The number of aromatic nitrogens is 1. The third-order valence-electron chi connectivity index (χ3n) is 5.76. The molecule has 6 nitrogen and oxygen atoms in total. The molecule has 7 heteroatoms.